The molecule has 7 nitrogen and oxygen atoms in total. The van der Waals surface area contributed by atoms with Gasteiger partial charge < -0.3 is 10.3 Å². The second kappa shape index (κ2) is 4.38. The summed E-state index contributed by atoms with van der Waals surface area (Å²) in [7, 11) is 0. The maximum Gasteiger partial charge on any atom is 0.266 e. The van der Waals surface area contributed by atoms with E-state index in [0.29, 0.717) is 21.8 Å². The third-order valence-electron chi connectivity index (χ3n) is 1.68. The first kappa shape index (κ1) is 10.1. The van der Waals surface area contributed by atoms with E-state index in [4.69, 9.17) is 0 Å². The second-order valence-corrected chi connectivity index (χ2v) is 3.76. The number of aromatic amines is 2. The molecule has 78 valence electrons. The Hall–Kier alpha value is -1.45. The van der Waals surface area contributed by atoms with Gasteiger partial charge in [-0.25, -0.2) is 9.97 Å². The molecular formula is C7H7IN6O. The molecule has 0 aliphatic carbocycles. The summed E-state index contributed by atoms with van der Waals surface area (Å²) in [5.41, 5.74) is -0.161. The molecule has 0 aliphatic rings. The lowest BCUT2D eigenvalue weighted by atomic mass is 10.5. The van der Waals surface area contributed by atoms with E-state index in [9.17, 15) is 4.79 Å². The minimum absolute atomic E-state index is 0.161. The zero-order valence-corrected chi connectivity index (χ0v) is 9.65. The standard InChI is InChI=1S/C7H7IN6O/c8-5-6(11-2-12-7(5)15)9-1-4-10-3-13-14-4/h2-3H,1H2,(H,10,13,14)(H2,9,11,12,15). The number of aromatic nitrogens is 5. The lowest BCUT2D eigenvalue weighted by molar-refractivity contribution is 0.939. The lowest BCUT2D eigenvalue weighted by Crippen LogP contribution is -2.14. The van der Waals surface area contributed by atoms with Crippen LogP contribution in [0.4, 0.5) is 5.82 Å². The molecule has 0 aliphatic heterocycles. The van der Waals surface area contributed by atoms with Gasteiger partial charge in [0.25, 0.3) is 5.56 Å². The first-order chi connectivity index (χ1) is 7.27. The molecular weight excluding hydrogens is 311 g/mol. The van der Waals surface area contributed by atoms with Crippen molar-refractivity contribution in [3.05, 3.63) is 32.4 Å². The van der Waals surface area contributed by atoms with Gasteiger partial charge in [0, 0.05) is 0 Å². The highest BCUT2D eigenvalue weighted by atomic mass is 127. The average molecular weight is 318 g/mol. The smallest absolute Gasteiger partial charge is 0.266 e. The molecule has 2 heterocycles. The van der Waals surface area contributed by atoms with Gasteiger partial charge in [0.05, 0.1) is 12.9 Å². The van der Waals surface area contributed by atoms with Crippen LogP contribution in [0, 0.1) is 3.57 Å². The largest absolute Gasteiger partial charge is 0.362 e. The minimum atomic E-state index is -0.161. The van der Waals surface area contributed by atoms with Crippen LogP contribution >= 0.6 is 22.6 Å². The van der Waals surface area contributed by atoms with Crippen LogP contribution in [-0.4, -0.2) is 25.1 Å². The van der Waals surface area contributed by atoms with Gasteiger partial charge in [-0.2, -0.15) is 5.10 Å². The van der Waals surface area contributed by atoms with Gasteiger partial charge in [-0.15, -0.1) is 0 Å². The molecule has 8 heteroatoms. The van der Waals surface area contributed by atoms with Crippen molar-refractivity contribution in [2.24, 2.45) is 0 Å². The Morgan fingerprint density at radius 1 is 1.47 bits per heavy atom. The third kappa shape index (κ3) is 2.32. The van der Waals surface area contributed by atoms with Gasteiger partial charge in [0.1, 0.15) is 21.5 Å². The molecule has 3 N–H and O–H groups in total. The van der Waals surface area contributed by atoms with Gasteiger partial charge in [-0.3, -0.25) is 9.89 Å². The zero-order chi connectivity index (χ0) is 10.7. The predicted molar refractivity (Wildman–Crippen MR) is 61.3 cm³/mol. The van der Waals surface area contributed by atoms with Crippen LogP contribution in [0.25, 0.3) is 0 Å². The second-order valence-electron chi connectivity index (χ2n) is 2.68. The first-order valence-corrected chi connectivity index (χ1v) is 5.16. The Kier molecular flexibility index (Phi) is 2.94. The number of hydrogen-bond donors (Lipinski definition) is 3. The summed E-state index contributed by atoms with van der Waals surface area (Å²) in [6, 6.07) is 0. The van der Waals surface area contributed by atoms with E-state index in [1.807, 2.05) is 22.6 Å². The predicted octanol–water partition coefficient (Wildman–Crippen LogP) is 0.105. The fourth-order valence-electron chi connectivity index (χ4n) is 0.990. The van der Waals surface area contributed by atoms with E-state index in [0.717, 1.165) is 0 Å². The Morgan fingerprint density at radius 2 is 2.33 bits per heavy atom. The van der Waals surface area contributed by atoms with Crippen molar-refractivity contribution in [1.29, 1.82) is 0 Å². The van der Waals surface area contributed by atoms with Gasteiger partial charge in [-0.1, -0.05) is 0 Å². The topological polar surface area (TPSA) is 99.3 Å². The normalized spacial score (nSPS) is 10.2. The molecule has 0 radical (unpaired) electrons. The third-order valence-corrected chi connectivity index (χ3v) is 2.69. The van der Waals surface area contributed by atoms with Crippen molar-refractivity contribution in [3.63, 3.8) is 0 Å². The summed E-state index contributed by atoms with van der Waals surface area (Å²) in [6.07, 6.45) is 2.78. The van der Waals surface area contributed by atoms with Crippen molar-refractivity contribution in [2.45, 2.75) is 6.54 Å². The highest BCUT2D eigenvalue weighted by molar-refractivity contribution is 14.1. The quantitative estimate of drug-likeness (QED) is 0.697. The number of rotatable bonds is 3. The van der Waals surface area contributed by atoms with Crippen LogP contribution in [-0.2, 0) is 6.54 Å². The molecule has 0 spiro atoms. The fraction of sp³-hybridized carbons (Fsp3) is 0.143. The van der Waals surface area contributed by atoms with E-state index in [1.54, 1.807) is 0 Å². The highest BCUT2D eigenvalue weighted by Crippen LogP contribution is 2.08. The number of anilines is 1. The van der Waals surface area contributed by atoms with Crippen LogP contribution < -0.4 is 10.9 Å². The summed E-state index contributed by atoms with van der Waals surface area (Å²) in [4.78, 5) is 21.6. The summed E-state index contributed by atoms with van der Waals surface area (Å²) >= 11 is 1.93. The summed E-state index contributed by atoms with van der Waals surface area (Å²) in [6.45, 7) is 0.451. The number of halogens is 1. The molecule has 0 saturated heterocycles. The monoisotopic (exact) mass is 318 g/mol. The van der Waals surface area contributed by atoms with Crippen molar-refractivity contribution in [2.75, 3.05) is 5.32 Å². The van der Waals surface area contributed by atoms with Crippen LogP contribution in [0.1, 0.15) is 5.82 Å². The Balaban J connectivity index is 2.12. The summed E-state index contributed by atoms with van der Waals surface area (Å²) in [5.74, 6) is 1.23. The zero-order valence-electron chi connectivity index (χ0n) is 7.49. The maximum atomic E-state index is 11.2. The SMILES string of the molecule is O=c1[nH]cnc(NCc2ncn[nH]2)c1I. The molecule has 0 amide bonds. The summed E-state index contributed by atoms with van der Waals surface area (Å²) < 4.78 is 0.523. The van der Waals surface area contributed by atoms with Crippen LogP contribution in [0.2, 0.25) is 0 Å². The van der Waals surface area contributed by atoms with Crippen LogP contribution in [0.5, 0.6) is 0 Å². The Bertz CT molecular complexity index is 492. The van der Waals surface area contributed by atoms with Gasteiger partial charge in [0.2, 0.25) is 0 Å². The number of nitrogens with zero attached hydrogens (tertiary/aromatic N) is 3. The van der Waals surface area contributed by atoms with E-state index < -0.39 is 0 Å². The number of nitrogens with one attached hydrogen (secondary N) is 3. The van der Waals surface area contributed by atoms with Crippen molar-refractivity contribution in [3.8, 4) is 0 Å². The molecule has 2 rings (SSSR count). The van der Waals surface area contributed by atoms with E-state index in [1.165, 1.54) is 12.7 Å². The van der Waals surface area contributed by atoms with E-state index >= 15 is 0 Å². The molecule has 2 aromatic rings. The minimum Gasteiger partial charge on any atom is -0.362 e. The maximum absolute atomic E-state index is 11.2. The summed E-state index contributed by atoms with van der Waals surface area (Å²) in [5, 5.41) is 9.39. The van der Waals surface area contributed by atoms with Crippen LogP contribution in [0.15, 0.2) is 17.4 Å². The molecule has 0 unspecified atom stereocenters. The molecule has 0 bridgehead atoms. The van der Waals surface area contributed by atoms with E-state index in [-0.39, 0.29) is 5.56 Å². The van der Waals surface area contributed by atoms with Crippen molar-refractivity contribution >= 4 is 28.4 Å². The van der Waals surface area contributed by atoms with Crippen molar-refractivity contribution in [1.82, 2.24) is 25.1 Å². The lowest BCUT2D eigenvalue weighted by Gasteiger charge is -2.03. The fourth-order valence-corrected chi connectivity index (χ4v) is 1.48. The molecule has 0 saturated carbocycles. The van der Waals surface area contributed by atoms with Crippen molar-refractivity contribution < 1.29 is 0 Å². The van der Waals surface area contributed by atoms with Crippen LogP contribution in [0.3, 0.4) is 0 Å². The number of hydrogen-bond acceptors (Lipinski definition) is 5. The highest BCUT2D eigenvalue weighted by Gasteiger charge is 2.04. The molecule has 0 fully saturated rings. The van der Waals surface area contributed by atoms with Gasteiger partial charge >= 0.3 is 0 Å². The van der Waals surface area contributed by atoms with Gasteiger partial charge in [0.15, 0.2) is 0 Å². The average Bonchev–Trinajstić information content (AvgIpc) is 2.73. The molecule has 15 heavy (non-hydrogen) atoms. The number of H-pyrrole nitrogens is 2. The molecule has 2 aromatic heterocycles. The molecule has 0 aromatic carbocycles. The van der Waals surface area contributed by atoms with Gasteiger partial charge in [-0.05, 0) is 22.6 Å². The Labute approximate surface area is 97.9 Å². The first-order valence-electron chi connectivity index (χ1n) is 4.08. The molecule has 0 atom stereocenters. The Morgan fingerprint density at radius 3 is 3.07 bits per heavy atom. The van der Waals surface area contributed by atoms with E-state index in [2.05, 4.69) is 30.5 Å².